The Morgan fingerprint density at radius 1 is 1.19 bits per heavy atom. The van der Waals surface area contributed by atoms with E-state index in [9.17, 15) is 4.79 Å². The Kier molecular flexibility index (Phi) is 4.70. The third-order valence-electron chi connectivity index (χ3n) is 4.03. The lowest BCUT2D eigenvalue weighted by molar-refractivity contribution is 0.0954. The van der Waals surface area contributed by atoms with E-state index in [0.717, 1.165) is 17.6 Å². The molecule has 130 valence electrons. The average Bonchev–Trinajstić information content (AvgIpc) is 3.32. The van der Waals surface area contributed by atoms with Gasteiger partial charge in [-0.3, -0.25) is 9.78 Å². The minimum atomic E-state index is -0.127. The standard InChI is InChI=1S/C19H17N5OS/c25-19(21-7-5-16-4-2-8-26-16)15-9-17-18(22-11-15)24(13-23-17)12-14-3-1-6-20-10-14/h1-4,6,8-11,13H,5,7,12H2,(H,21,25). The number of carbonyl (C=O) groups excluding carboxylic acids is 1. The van der Waals surface area contributed by atoms with E-state index in [-0.39, 0.29) is 5.91 Å². The Hall–Kier alpha value is -3.06. The first-order chi connectivity index (χ1) is 12.8. The molecule has 0 spiro atoms. The highest BCUT2D eigenvalue weighted by molar-refractivity contribution is 7.09. The molecule has 0 atom stereocenters. The molecule has 4 rings (SSSR count). The first-order valence-electron chi connectivity index (χ1n) is 8.30. The molecule has 4 aromatic heterocycles. The van der Waals surface area contributed by atoms with Gasteiger partial charge in [0, 0.05) is 30.0 Å². The van der Waals surface area contributed by atoms with E-state index in [2.05, 4.69) is 26.3 Å². The second-order valence-electron chi connectivity index (χ2n) is 5.89. The van der Waals surface area contributed by atoms with Crippen molar-refractivity contribution in [3.63, 3.8) is 0 Å². The SMILES string of the molecule is O=C(NCCc1cccs1)c1cnc2c(c1)ncn2Cc1cccnc1. The lowest BCUT2D eigenvalue weighted by Crippen LogP contribution is -2.25. The highest BCUT2D eigenvalue weighted by Crippen LogP contribution is 2.14. The number of imidazole rings is 1. The van der Waals surface area contributed by atoms with Gasteiger partial charge in [-0.25, -0.2) is 9.97 Å². The molecule has 7 heteroatoms. The van der Waals surface area contributed by atoms with Crippen LogP contribution in [0.5, 0.6) is 0 Å². The zero-order chi connectivity index (χ0) is 17.8. The molecule has 1 N–H and O–H groups in total. The third kappa shape index (κ3) is 3.62. The van der Waals surface area contributed by atoms with E-state index in [0.29, 0.717) is 24.2 Å². The van der Waals surface area contributed by atoms with Crippen molar-refractivity contribution in [1.29, 1.82) is 0 Å². The van der Waals surface area contributed by atoms with Crippen LogP contribution in [0.2, 0.25) is 0 Å². The molecule has 0 bridgehead atoms. The lowest BCUT2D eigenvalue weighted by Gasteiger charge is -2.05. The van der Waals surface area contributed by atoms with E-state index in [1.807, 2.05) is 34.3 Å². The molecule has 26 heavy (non-hydrogen) atoms. The number of rotatable bonds is 6. The van der Waals surface area contributed by atoms with Gasteiger partial charge >= 0.3 is 0 Å². The Bertz CT molecular complexity index is 1010. The normalized spacial score (nSPS) is 10.9. The summed E-state index contributed by atoms with van der Waals surface area (Å²) in [6.07, 6.45) is 7.74. The molecule has 0 fully saturated rings. The second-order valence-corrected chi connectivity index (χ2v) is 6.92. The summed E-state index contributed by atoms with van der Waals surface area (Å²) in [7, 11) is 0. The molecule has 4 aromatic rings. The van der Waals surface area contributed by atoms with Gasteiger partial charge in [0.15, 0.2) is 5.65 Å². The fourth-order valence-corrected chi connectivity index (χ4v) is 3.44. The number of nitrogens with one attached hydrogen (secondary N) is 1. The molecule has 0 unspecified atom stereocenters. The molecule has 0 aliphatic heterocycles. The van der Waals surface area contributed by atoms with Gasteiger partial charge in [-0.1, -0.05) is 12.1 Å². The molecular weight excluding hydrogens is 346 g/mol. The Morgan fingerprint density at radius 3 is 2.96 bits per heavy atom. The minimum Gasteiger partial charge on any atom is -0.352 e. The molecule has 0 saturated carbocycles. The van der Waals surface area contributed by atoms with E-state index in [4.69, 9.17) is 0 Å². The van der Waals surface area contributed by atoms with Gasteiger partial charge in [-0.05, 0) is 35.6 Å². The van der Waals surface area contributed by atoms with Gasteiger partial charge in [-0.15, -0.1) is 11.3 Å². The summed E-state index contributed by atoms with van der Waals surface area (Å²) in [6.45, 7) is 1.25. The average molecular weight is 363 g/mol. The van der Waals surface area contributed by atoms with Crippen LogP contribution in [0.1, 0.15) is 20.8 Å². The number of thiophene rings is 1. The number of nitrogens with zero attached hydrogens (tertiary/aromatic N) is 4. The smallest absolute Gasteiger partial charge is 0.252 e. The first-order valence-corrected chi connectivity index (χ1v) is 9.18. The molecule has 1 amide bonds. The fourth-order valence-electron chi connectivity index (χ4n) is 2.73. The highest BCUT2D eigenvalue weighted by Gasteiger charge is 2.11. The van der Waals surface area contributed by atoms with Crippen molar-refractivity contribution in [2.75, 3.05) is 6.54 Å². The van der Waals surface area contributed by atoms with Crippen LogP contribution in [0.4, 0.5) is 0 Å². The molecule has 0 aromatic carbocycles. The number of aromatic nitrogens is 4. The van der Waals surface area contributed by atoms with Gasteiger partial charge in [-0.2, -0.15) is 0 Å². The van der Waals surface area contributed by atoms with Crippen molar-refractivity contribution in [3.8, 4) is 0 Å². The zero-order valence-corrected chi connectivity index (χ0v) is 14.8. The number of fused-ring (bicyclic) bond motifs is 1. The molecular formula is C19H17N5OS. The molecule has 0 radical (unpaired) electrons. The maximum absolute atomic E-state index is 12.3. The van der Waals surface area contributed by atoms with Gasteiger partial charge < -0.3 is 9.88 Å². The van der Waals surface area contributed by atoms with Crippen molar-refractivity contribution >= 4 is 28.4 Å². The van der Waals surface area contributed by atoms with E-state index in [1.54, 1.807) is 36.1 Å². The topological polar surface area (TPSA) is 72.7 Å². The lowest BCUT2D eigenvalue weighted by atomic mass is 10.2. The summed E-state index contributed by atoms with van der Waals surface area (Å²) in [4.78, 5) is 26.5. The second kappa shape index (κ2) is 7.45. The number of hydrogen-bond donors (Lipinski definition) is 1. The zero-order valence-electron chi connectivity index (χ0n) is 14.0. The van der Waals surface area contributed by atoms with Gasteiger partial charge in [0.05, 0.1) is 18.4 Å². The summed E-state index contributed by atoms with van der Waals surface area (Å²) in [5.74, 6) is -0.127. The van der Waals surface area contributed by atoms with Crippen molar-refractivity contribution in [2.45, 2.75) is 13.0 Å². The van der Waals surface area contributed by atoms with Gasteiger partial charge in [0.25, 0.3) is 5.91 Å². The largest absolute Gasteiger partial charge is 0.352 e. The molecule has 0 aliphatic rings. The van der Waals surface area contributed by atoms with Crippen molar-refractivity contribution in [1.82, 2.24) is 24.8 Å². The molecule has 0 aliphatic carbocycles. The van der Waals surface area contributed by atoms with Crippen LogP contribution in [-0.4, -0.2) is 32.0 Å². The van der Waals surface area contributed by atoms with Crippen LogP contribution in [0, 0.1) is 0 Å². The van der Waals surface area contributed by atoms with Crippen LogP contribution in [-0.2, 0) is 13.0 Å². The molecule has 0 saturated heterocycles. The number of hydrogen-bond acceptors (Lipinski definition) is 5. The predicted molar refractivity (Wildman–Crippen MR) is 101 cm³/mol. The van der Waals surface area contributed by atoms with Crippen LogP contribution in [0.15, 0.2) is 60.6 Å². The van der Waals surface area contributed by atoms with E-state index >= 15 is 0 Å². The summed E-state index contributed by atoms with van der Waals surface area (Å²) >= 11 is 1.69. The van der Waals surface area contributed by atoms with Crippen LogP contribution in [0.3, 0.4) is 0 Å². The number of amides is 1. The van der Waals surface area contributed by atoms with E-state index < -0.39 is 0 Å². The third-order valence-corrected chi connectivity index (χ3v) is 4.97. The Morgan fingerprint density at radius 2 is 2.15 bits per heavy atom. The van der Waals surface area contributed by atoms with E-state index in [1.165, 1.54) is 4.88 Å². The van der Waals surface area contributed by atoms with Crippen molar-refractivity contribution < 1.29 is 4.79 Å². The quantitative estimate of drug-likeness (QED) is 0.572. The number of carbonyl (C=O) groups is 1. The van der Waals surface area contributed by atoms with Crippen LogP contribution < -0.4 is 5.32 Å². The maximum atomic E-state index is 12.3. The van der Waals surface area contributed by atoms with Crippen molar-refractivity contribution in [2.24, 2.45) is 0 Å². The predicted octanol–water partition coefficient (Wildman–Crippen LogP) is 2.91. The highest BCUT2D eigenvalue weighted by atomic mass is 32.1. The fraction of sp³-hybridized carbons (Fsp3) is 0.158. The number of pyridine rings is 2. The molecule has 6 nitrogen and oxygen atoms in total. The summed E-state index contributed by atoms with van der Waals surface area (Å²) < 4.78 is 1.95. The Labute approximate surface area is 154 Å². The van der Waals surface area contributed by atoms with Gasteiger partial charge in [0.2, 0.25) is 0 Å². The van der Waals surface area contributed by atoms with Gasteiger partial charge in [0.1, 0.15) is 5.52 Å². The first kappa shape index (κ1) is 16.4. The monoisotopic (exact) mass is 363 g/mol. The van der Waals surface area contributed by atoms with Crippen molar-refractivity contribution in [3.05, 3.63) is 76.6 Å². The minimum absolute atomic E-state index is 0.127. The summed E-state index contributed by atoms with van der Waals surface area (Å²) in [6, 6.07) is 9.78. The van der Waals surface area contributed by atoms with Crippen LogP contribution >= 0.6 is 11.3 Å². The van der Waals surface area contributed by atoms with Crippen LogP contribution in [0.25, 0.3) is 11.2 Å². The summed E-state index contributed by atoms with van der Waals surface area (Å²) in [5, 5.41) is 4.97. The molecule has 4 heterocycles. The summed E-state index contributed by atoms with van der Waals surface area (Å²) in [5.41, 5.74) is 3.06. The maximum Gasteiger partial charge on any atom is 0.252 e. The Balaban J connectivity index is 1.45.